The summed E-state index contributed by atoms with van der Waals surface area (Å²) in [5.41, 5.74) is 1.20. The zero-order valence-electron chi connectivity index (χ0n) is 12.5. The first kappa shape index (κ1) is 16.9. The highest BCUT2D eigenvalue weighted by Gasteiger charge is 2.09. The van der Waals surface area contributed by atoms with Gasteiger partial charge in [-0.2, -0.15) is 0 Å². The Bertz CT molecular complexity index is 379. The lowest BCUT2D eigenvalue weighted by molar-refractivity contribution is 0.570. The van der Waals surface area contributed by atoms with Crippen LogP contribution in [0.4, 0.5) is 0 Å². The lowest BCUT2D eigenvalue weighted by Crippen LogP contribution is -2.19. The molecule has 1 unspecified atom stereocenters. The molecule has 0 aliphatic heterocycles. The number of thioether (sulfide) groups is 1. The zero-order valence-corrected chi connectivity index (χ0v) is 14.1. The van der Waals surface area contributed by atoms with Crippen LogP contribution in [0.2, 0.25) is 5.02 Å². The Hall–Kier alpha value is -0.180. The van der Waals surface area contributed by atoms with Crippen molar-refractivity contribution in [2.45, 2.75) is 51.5 Å². The van der Waals surface area contributed by atoms with Crippen molar-refractivity contribution in [2.75, 3.05) is 12.3 Å². The SMILES string of the molecule is CCCNC(C)c1ccc(SCCC(C)C)cc1Cl. The smallest absolute Gasteiger partial charge is 0.0464 e. The van der Waals surface area contributed by atoms with Crippen molar-refractivity contribution < 1.29 is 0 Å². The molecule has 0 aliphatic carbocycles. The topological polar surface area (TPSA) is 12.0 Å². The van der Waals surface area contributed by atoms with E-state index in [1.807, 2.05) is 11.8 Å². The molecule has 0 fully saturated rings. The van der Waals surface area contributed by atoms with Gasteiger partial charge in [0.15, 0.2) is 0 Å². The molecule has 1 rings (SSSR count). The molecule has 1 nitrogen and oxygen atoms in total. The third-order valence-electron chi connectivity index (χ3n) is 3.10. The molecule has 0 aliphatic rings. The van der Waals surface area contributed by atoms with Crippen molar-refractivity contribution in [2.24, 2.45) is 5.92 Å². The predicted octanol–water partition coefficient (Wildman–Crippen LogP) is 5.54. The first-order valence-corrected chi connectivity index (χ1v) is 8.56. The third-order valence-corrected chi connectivity index (χ3v) is 4.46. The van der Waals surface area contributed by atoms with Gasteiger partial charge in [-0.05, 0) is 55.7 Å². The van der Waals surface area contributed by atoms with Gasteiger partial charge in [-0.25, -0.2) is 0 Å². The van der Waals surface area contributed by atoms with E-state index in [1.54, 1.807) is 0 Å². The highest BCUT2D eigenvalue weighted by Crippen LogP contribution is 2.29. The van der Waals surface area contributed by atoms with Crippen molar-refractivity contribution in [3.63, 3.8) is 0 Å². The van der Waals surface area contributed by atoms with Crippen molar-refractivity contribution in [1.82, 2.24) is 5.32 Å². The van der Waals surface area contributed by atoms with E-state index in [4.69, 9.17) is 11.6 Å². The second-order valence-electron chi connectivity index (χ2n) is 5.39. The third kappa shape index (κ3) is 6.20. The summed E-state index contributed by atoms with van der Waals surface area (Å²) >= 11 is 8.29. The van der Waals surface area contributed by atoms with Crippen LogP contribution in [0, 0.1) is 5.92 Å². The zero-order chi connectivity index (χ0) is 14.3. The van der Waals surface area contributed by atoms with Crippen molar-refractivity contribution >= 4 is 23.4 Å². The molecule has 108 valence electrons. The van der Waals surface area contributed by atoms with Crippen LogP contribution in [0.3, 0.4) is 0 Å². The Kier molecular flexibility index (Phi) is 7.89. The first-order chi connectivity index (χ1) is 9.04. The maximum Gasteiger partial charge on any atom is 0.0464 e. The Morgan fingerprint density at radius 1 is 1.26 bits per heavy atom. The molecule has 0 saturated heterocycles. The molecule has 0 spiro atoms. The van der Waals surface area contributed by atoms with Gasteiger partial charge in [0.25, 0.3) is 0 Å². The van der Waals surface area contributed by atoms with E-state index in [9.17, 15) is 0 Å². The average molecular weight is 300 g/mol. The molecule has 1 atom stereocenters. The monoisotopic (exact) mass is 299 g/mol. The molecule has 0 amide bonds. The Balaban J connectivity index is 2.58. The van der Waals surface area contributed by atoms with E-state index in [1.165, 1.54) is 16.9 Å². The second-order valence-corrected chi connectivity index (χ2v) is 6.97. The van der Waals surface area contributed by atoms with Crippen LogP contribution in [0.15, 0.2) is 23.1 Å². The van der Waals surface area contributed by atoms with Gasteiger partial charge in [0.05, 0.1) is 0 Å². The fraction of sp³-hybridized carbons (Fsp3) is 0.625. The average Bonchev–Trinajstić information content (AvgIpc) is 2.35. The van der Waals surface area contributed by atoms with Crippen LogP contribution in [-0.4, -0.2) is 12.3 Å². The Morgan fingerprint density at radius 3 is 2.58 bits per heavy atom. The Labute approximate surface area is 127 Å². The van der Waals surface area contributed by atoms with Crippen LogP contribution in [0.1, 0.15) is 52.1 Å². The standard InChI is InChI=1S/C16H26ClNS/c1-5-9-18-13(4)15-7-6-14(11-16(15)17)19-10-8-12(2)3/h6-7,11-13,18H,5,8-10H2,1-4H3. The van der Waals surface area contributed by atoms with Gasteiger partial charge >= 0.3 is 0 Å². The van der Waals surface area contributed by atoms with Gasteiger partial charge in [-0.1, -0.05) is 38.4 Å². The van der Waals surface area contributed by atoms with E-state index >= 15 is 0 Å². The van der Waals surface area contributed by atoms with Gasteiger partial charge < -0.3 is 5.32 Å². The summed E-state index contributed by atoms with van der Waals surface area (Å²) in [6.07, 6.45) is 2.39. The molecule has 3 heteroatoms. The quantitative estimate of drug-likeness (QED) is 0.633. The summed E-state index contributed by atoms with van der Waals surface area (Å²) in [7, 11) is 0. The van der Waals surface area contributed by atoms with Crippen molar-refractivity contribution in [1.29, 1.82) is 0 Å². The maximum atomic E-state index is 6.39. The maximum absolute atomic E-state index is 6.39. The number of benzene rings is 1. The molecule has 19 heavy (non-hydrogen) atoms. The van der Waals surface area contributed by atoms with E-state index < -0.39 is 0 Å². The minimum atomic E-state index is 0.321. The lowest BCUT2D eigenvalue weighted by atomic mass is 10.1. The minimum Gasteiger partial charge on any atom is -0.310 e. The molecule has 1 aromatic carbocycles. The molecular formula is C16H26ClNS. The Morgan fingerprint density at radius 2 is 2.00 bits per heavy atom. The van der Waals surface area contributed by atoms with Gasteiger partial charge in [-0.3, -0.25) is 0 Å². The molecule has 0 radical (unpaired) electrons. The predicted molar refractivity (Wildman–Crippen MR) is 88.3 cm³/mol. The minimum absolute atomic E-state index is 0.321. The van der Waals surface area contributed by atoms with Crippen molar-refractivity contribution in [3.05, 3.63) is 28.8 Å². The molecule has 1 N–H and O–H groups in total. The number of halogens is 1. The molecular weight excluding hydrogens is 274 g/mol. The largest absolute Gasteiger partial charge is 0.310 e. The van der Waals surface area contributed by atoms with E-state index in [-0.39, 0.29) is 0 Å². The molecule has 0 heterocycles. The highest BCUT2D eigenvalue weighted by molar-refractivity contribution is 7.99. The molecule has 0 bridgehead atoms. The number of nitrogens with one attached hydrogen (secondary N) is 1. The number of rotatable bonds is 8. The van der Waals surface area contributed by atoms with Crippen LogP contribution in [0.25, 0.3) is 0 Å². The summed E-state index contributed by atoms with van der Waals surface area (Å²) in [5, 5.41) is 4.36. The van der Waals surface area contributed by atoms with Crippen LogP contribution >= 0.6 is 23.4 Å². The van der Waals surface area contributed by atoms with Gasteiger partial charge in [0.2, 0.25) is 0 Å². The summed E-state index contributed by atoms with van der Waals surface area (Å²) in [6.45, 7) is 9.90. The van der Waals surface area contributed by atoms with Gasteiger partial charge in [-0.15, -0.1) is 11.8 Å². The molecule has 0 aromatic heterocycles. The van der Waals surface area contributed by atoms with E-state index in [0.29, 0.717) is 6.04 Å². The molecule has 0 saturated carbocycles. The van der Waals surface area contributed by atoms with Crippen LogP contribution in [0.5, 0.6) is 0 Å². The first-order valence-electron chi connectivity index (χ1n) is 7.20. The van der Waals surface area contributed by atoms with Crippen molar-refractivity contribution in [3.8, 4) is 0 Å². The second kappa shape index (κ2) is 8.89. The lowest BCUT2D eigenvalue weighted by Gasteiger charge is -2.16. The summed E-state index contributed by atoms with van der Waals surface area (Å²) < 4.78 is 0. The fourth-order valence-electron chi connectivity index (χ4n) is 1.83. The summed E-state index contributed by atoms with van der Waals surface area (Å²) in [5.74, 6) is 1.93. The normalized spacial score (nSPS) is 12.9. The van der Waals surface area contributed by atoms with Crippen LogP contribution < -0.4 is 5.32 Å². The van der Waals surface area contributed by atoms with Gasteiger partial charge in [0.1, 0.15) is 0 Å². The van der Waals surface area contributed by atoms with Crippen LogP contribution in [-0.2, 0) is 0 Å². The number of hydrogen-bond donors (Lipinski definition) is 1. The fourth-order valence-corrected chi connectivity index (χ4v) is 3.43. The molecule has 1 aromatic rings. The highest BCUT2D eigenvalue weighted by atomic mass is 35.5. The summed E-state index contributed by atoms with van der Waals surface area (Å²) in [6, 6.07) is 6.78. The van der Waals surface area contributed by atoms with Gasteiger partial charge in [0, 0.05) is 16.0 Å². The number of hydrogen-bond acceptors (Lipinski definition) is 2. The van der Waals surface area contributed by atoms with E-state index in [2.05, 4.69) is 51.2 Å². The summed E-state index contributed by atoms with van der Waals surface area (Å²) in [4.78, 5) is 1.28. The van der Waals surface area contributed by atoms with E-state index in [0.717, 1.165) is 29.7 Å².